The summed E-state index contributed by atoms with van der Waals surface area (Å²) in [6.07, 6.45) is 3.44. The molecule has 0 aliphatic carbocycles. The molecule has 1 radical (unpaired) electrons. The minimum Gasteiger partial charge on any atom is -0.290 e. The maximum atomic E-state index is 11.6. The molecule has 0 saturated carbocycles. The lowest BCUT2D eigenvalue weighted by molar-refractivity contribution is 0.349. The van der Waals surface area contributed by atoms with Crippen molar-refractivity contribution >= 4 is 23.2 Å². The van der Waals surface area contributed by atoms with Crippen LogP contribution in [-0.2, 0) is 17.9 Å². The average Bonchev–Trinajstić information content (AvgIpc) is 2.25. The van der Waals surface area contributed by atoms with Crippen molar-refractivity contribution in [3.8, 4) is 5.75 Å². The number of benzene rings is 1. The maximum Gasteiger partial charge on any atom is 0.182 e. The Hall–Kier alpha value is -0.400. The number of alkyl halides is 2. The van der Waals surface area contributed by atoms with Crippen LogP contribution in [0.1, 0.15) is 24.0 Å². The van der Waals surface area contributed by atoms with Gasteiger partial charge in [0, 0.05) is 11.8 Å². The molecule has 0 amide bonds. The fraction of sp³-hybridized carbons (Fsp3) is 0.500. The molecule has 0 saturated heterocycles. The quantitative estimate of drug-likeness (QED) is 0.671. The largest absolute Gasteiger partial charge is 0.290 e. The lowest BCUT2D eigenvalue weighted by Crippen LogP contribution is -1.90. The number of aryl methyl sites for hydroxylation is 2. The van der Waals surface area contributed by atoms with E-state index >= 15 is 0 Å². The summed E-state index contributed by atoms with van der Waals surface area (Å²) in [5.74, 6) is 1.38. The molecular weight excluding hydrogens is 231 g/mol. The van der Waals surface area contributed by atoms with Crippen molar-refractivity contribution in [3.05, 3.63) is 29.3 Å². The van der Waals surface area contributed by atoms with Gasteiger partial charge in [-0.1, -0.05) is 12.1 Å². The van der Waals surface area contributed by atoms with E-state index < -0.39 is 0 Å². The van der Waals surface area contributed by atoms with Crippen LogP contribution in [-0.4, -0.2) is 11.8 Å². The third-order valence-electron chi connectivity index (χ3n) is 2.31. The van der Waals surface area contributed by atoms with Crippen molar-refractivity contribution in [2.75, 3.05) is 11.8 Å². The Morgan fingerprint density at radius 2 is 1.67 bits per heavy atom. The van der Waals surface area contributed by atoms with Crippen LogP contribution in [0.25, 0.3) is 0 Å². The van der Waals surface area contributed by atoms with E-state index in [-0.39, 0.29) is 5.75 Å². The molecule has 83 valence electrons. The summed E-state index contributed by atoms with van der Waals surface area (Å²) in [5.41, 5.74) is 1.94. The summed E-state index contributed by atoms with van der Waals surface area (Å²) >= 11 is 11.2. The second kappa shape index (κ2) is 6.97. The summed E-state index contributed by atoms with van der Waals surface area (Å²) in [6.45, 7) is 0. The molecule has 1 aromatic carbocycles. The van der Waals surface area contributed by atoms with Crippen molar-refractivity contribution in [1.29, 1.82) is 0 Å². The van der Waals surface area contributed by atoms with Crippen LogP contribution in [0.2, 0.25) is 0 Å². The monoisotopic (exact) mass is 245 g/mol. The zero-order valence-corrected chi connectivity index (χ0v) is 10.2. The van der Waals surface area contributed by atoms with Gasteiger partial charge in [-0.2, -0.15) is 0 Å². The standard InChI is InChI=1S/C12H15Cl2O/c13-7-1-3-10-5-6-11(4-2-8-14)12(15)9-10/h5-6,9H,1-4,7-8H2. The first kappa shape index (κ1) is 12.7. The van der Waals surface area contributed by atoms with Crippen LogP contribution >= 0.6 is 23.2 Å². The second-order valence-corrected chi connectivity index (χ2v) is 4.28. The Bertz CT molecular complexity index is 300. The summed E-state index contributed by atoms with van der Waals surface area (Å²) in [5, 5.41) is 11.6. The molecule has 1 nitrogen and oxygen atoms in total. The molecule has 0 aliphatic heterocycles. The summed E-state index contributed by atoms with van der Waals surface area (Å²) in [6, 6.07) is 5.64. The van der Waals surface area contributed by atoms with E-state index in [0.717, 1.165) is 36.8 Å². The van der Waals surface area contributed by atoms with Gasteiger partial charge < -0.3 is 0 Å². The van der Waals surface area contributed by atoms with Gasteiger partial charge in [0.1, 0.15) is 0 Å². The third-order valence-corrected chi connectivity index (χ3v) is 2.84. The Balaban J connectivity index is 2.61. The third kappa shape index (κ3) is 4.31. The van der Waals surface area contributed by atoms with Gasteiger partial charge in [0.15, 0.2) is 5.75 Å². The minimum atomic E-state index is 0.132. The zero-order chi connectivity index (χ0) is 11.1. The predicted molar refractivity (Wildman–Crippen MR) is 64.7 cm³/mol. The van der Waals surface area contributed by atoms with Crippen LogP contribution in [0.3, 0.4) is 0 Å². The fourth-order valence-electron chi connectivity index (χ4n) is 1.49. The lowest BCUT2D eigenvalue weighted by Gasteiger charge is -2.04. The van der Waals surface area contributed by atoms with Crippen LogP contribution in [0.15, 0.2) is 18.2 Å². The van der Waals surface area contributed by atoms with Crippen LogP contribution in [0.5, 0.6) is 5.75 Å². The Labute approximate surface area is 101 Å². The summed E-state index contributed by atoms with van der Waals surface area (Å²) < 4.78 is 0. The van der Waals surface area contributed by atoms with Gasteiger partial charge in [-0.15, -0.1) is 23.2 Å². The molecule has 0 fully saturated rings. The number of hydrogen-bond acceptors (Lipinski definition) is 0. The molecule has 0 unspecified atom stereocenters. The average molecular weight is 246 g/mol. The van der Waals surface area contributed by atoms with Crippen LogP contribution in [0.4, 0.5) is 0 Å². The van der Waals surface area contributed by atoms with Gasteiger partial charge in [0.2, 0.25) is 0 Å². The topological polar surface area (TPSA) is 19.9 Å². The van der Waals surface area contributed by atoms with E-state index in [1.807, 2.05) is 12.1 Å². The van der Waals surface area contributed by atoms with Crippen molar-refractivity contribution in [2.24, 2.45) is 0 Å². The molecule has 0 heterocycles. The van der Waals surface area contributed by atoms with Crippen molar-refractivity contribution in [3.63, 3.8) is 0 Å². The van der Waals surface area contributed by atoms with Crippen LogP contribution in [0, 0.1) is 0 Å². The SMILES string of the molecule is [O]c1cc(CCCCl)ccc1CCCCl. The molecule has 0 aromatic heterocycles. The molecule has 0 atom stereocenters. The predicted octanol–water partition coefficient (Wildman–Crippen LogP) is 4.17. The lowest BCUT2D eigenvalue weighted by atomic mass is 10.0. The van der Waals surface area contributed by atoms with Gasteiger partial charge in [0.25, 0.3) is 0 Å². The minimum absolute atomic E-state index is 0.132. The van der Waals surface area contributed by atoms with Crippen molar-refractivity contribution in [1.82, 2.24) is 0 Å². The summed E-state index contributed by atoms with van der Waals surface area (Å²) in [7, 11) is 0. The smallest absolute Gasteiger partial charge is 0.182 e. The summed E-state index contributed by atoms with van der Waals surface area (Å²) in [4.78, 5) is 0. The Morgan fingerprint density at radius 3 is 2.27 bits per heavy atom. The highest BCUT2D eigenvalue weighted by molar-refractivity contribution is 6.18. The van der Waals surface area contributed by atoms with Gasteiger partial charge in [0.05, 0.1) is 0 Å². The molecule has 0 aliphatic rings. The highest BCUT2D eigenvalue weighted by Crippen LogP contribution is 2.22. The molecule has 1 rings (SSSR count). The molecule has 0 N–H and O–H groups in total. The maximum absolute atomic E-state index is 11.6. The molecule has 1 aromatic rings. The first-order valence-corrected chi connectivity index (χ1v) is 6.25. The molecule has 0 spiro atoms. The normalized spacial score (nSPS) is 10.5. The molecule has 15 heavy (non-hydrogen) atoms. The van der Waals surface area contributed by atoms with E-state index in [9.17, 15) is 5.11 Å². The Morgan fingerprint density at radius 1 is 1.00 bits per heavy atom. The van der Waals surface area contributed by atoms with E-state index in [0.29, 0.717) is 11.8 Å². The van der Waals surface area contributed by atoms with Gasteiger partial charge >= 0.3 is 0 Å². The van der Waals surface area contributed by atoms with Crippen LogP contribution < -0.4 is 0 Å². The number of rotatable bonds is 6. The zero-order valence-electron chi connectivity index (χ0n) is 8.64. The van der Waals surface area contributed by atoms with E-state index in [1.165, 1.54) is 0 Å². The van der Waals surface area contributed by atoms with Crippen molar-refractivity contribution in [2.45, 2.75) is 25.7 Å². The highest BCUT2D eigenvalue weighted by atomic mass is 35.5. The van der Waals surface area contributed by atoms with Crippen molar-refractivity contribution < 1.29 is 5.11 Å². The second-order valence-electron chi connectivity index (χ2n) is 3.53. The molecule has 0 bridgehead atoms. The van der Waals surface area contributed by atoms with E-state index in [4.69, 9.17) is 23.2 Å². The van der Waals surface area contributed by atoms with Gasteiger partial charge in [-0.05, 0) is 42.9 Å². The molecule has 3 heteroatoms. The number of halogens is 2. The molecular formula is C12H15Cl2O. The van der Waals surface area contributed by atoms with E-state index in [2.05, 4.69) is 0 Å². The fourth-order valence-corrected chi connectivity index (χ4v) is 1.76. The van der Waals surface area contributed by atoms with Gasteiger partial charge in [-0.3, -0.25) is 5.11 Å². The first-order valence-electron chi connectivity index (χ1n) is 5.18. The number of hydrogen-bond donors (Lipinski definition) is 0. The van der Waals surface area contributed by atoms with E-state index in [1.54, 1.807) is 6.07 Å². The highest BCUT2D eigenvalue weighted by Gasteiger charge is 2.04. The van der Waals surface area contributed by atoms with Gasteiger partial charge in [-0.25, -0.2) is 0 Å². The Kier molecular flexibility index (Phi) is 5.89. The first-order chi connectivity index (χ1) is 7.27.